The first-order valence-electron chi connectivity index (χ1n) is 15.2. The van der Waals surface area contributed by atoms with Crippen LogP contribution in [0.5, 0.6) is 5.75 Å². The van der Waals surface area contributed by atoms with Crippen molar-refractivity contribution in [3.8, 4) is 5.75 Å². The average molecular weight is 647 g/mol. The molecule has 14 heteroatoms. The second kappa shape index (κ2) is 14.8. The largest absolute Gasteiger partial charge is 0.474 e. The fraction of sp³-hybridized carbons (Fsp3) is 0.548. The number of aromatic nitrogens is 1. The Morgan fingerprint density at radius 2 is 1.60 bits per heavy atom. The number of ether oxygens (including phenoxy) is 4. The molecule has 1 aromatic heterocycles. The van der Waals surface area contributed by atoms with Crippen molar-refractivity contribution in [1.29, 1.82) is 0 Å². The maximum atomic E-state index is 14.2. The number of benzene rings is 1. The summed E-state index contributed by atoms with van der Waals surface area (Å²) in [6, 6.07) is 4.76. The monoisotopic (exact) mass is 646 g/mol. The molecule has 0 bridgehead atoms. The molecule has 4 rings (SSSR count). The van der Waals surface area contributed by atoms with Gasteiger partial charge in [0.2, 0.25) is 11.5 Å². The molecule has 1 saturated carbocycles. The topological polar surface area (TPSA) is 168 Å². The fourth-order valence-corrected chi connectivity index (χ4v) is 5.71. The molecular weight excluding hydrogens is 608 g/mol. The molecule has 2 aromatic rings. The van der Waals surface area contributed by atoms with E-state index in [4.69, 9.17) is 41.3 Å². The van der Waals surface area contributed by atoms with Gasteiger partial charge in [0.05, 0.1) is 36.9 Å². The molecule has 1 aliphatic carbocycles. The zero-order chi connectivity index (χ0) is 32.7. The number of primary amides is 1. The third-order valence-corrected chi connectivity index (χ3v) is 8.20. The Morgan fingerprint density at radius 3 is 2.18 bits per heavy atom. The van der Waals surface area contributed by atoms with Crippen LogP contribution in [0.1, 0.15) is 74.8 Å². The van der Waals surface area contributed by atoms with E-state index >= 15 is 0 Å². The lowest BCUT2D eigenvalue weighted by molar-refractivity contribution is -0.169. The molecule has 1 saturated heterocycles. The zero-order valence-corrected chi connectivity index (χ0v) is 26.5. The van der Waals surface area contributed by atoms with Gasteiger partial charge in [0.1, 0.15) is 11.3 Å². The Kier molecular flexibility index (Phi) is 11.1. The predicted molar refractivity (Wildman–Crippen MR) is 163 cm³/mol. The quantitative estimate of drug-likeness (QED) is 0.266. The molecule has 0 radical (unpaired) electrons. The Morgan fingerprint density at radius 1 is 0.956 bits per heavy atom. The highest BCUT2D eigenvalue weighted by atomic mass is 35.5. The lowest BCUT2D eigenvalue weighted by atomic mass is 9.79. The minimum absolute atomic E-state index is 0.00650. The summed E-state index contributed by atoms with van der Waals surface area (Å²) in [5.41, 5.74) is 4.75. The van der Waals surface area contributed by atoms with Crippen LogP contribution in [0.25, 0.3) is 10.9 Å². The standard InChI is InChI=1S/C31H39ClN4O9/c1-4-42-23(37)11-10-21(28(39)35-14-16-36(17-15-35)30(41)44-6-3)25-24(27(33)38)26(20-9-8-19(32)18-22(20)34-25)45-31(12-7-13-31)29(40)43-5-2/h8-9,18,21H,4-7,10-17H2,1-3H3,(H2,33,38). The van der Waals surface area contributed by atoms with Crippen molar-refractivity contribution in [2.75, 3.05) is 46.0 Å². The van der Waals surface area contributed by atoms with Gasteiger partial charge in [0.25, 0.3) is 5.91 Å². The summed E-state index contributed by atoms with van der Waals surface area (Å²) < 4.78 is 21.9. The SMILES string of the molecule is CCOC(=O)CCC(C(=O)N1CCN(C(=O)OCC)CC1)c1nc2cc(Cl)ccc2c(OC2(C(=O)OCC)CCC2)c1C(N)=O. The van der Waals surface area contributed by atoms with Crippen LogP contribution in [0.3, 0.4) is 0 Å². The number of amides is 3. The van der Waals surface area contributed by atoms with Crippen molar-refractivity contribution >= 4 is 52.4 Å². The summed E-state index contributed by atoms with van der Waals surface area (Å²) in [7, 11) is 0. The number of rotatable bonds is 12. The van der Waals surface area contributed by atoms with Crippen LogP contribution in [0.2, 0.25) is 5.02 Å². The normalized spacial score (nSPS) is 16.4. The number of fused-ring (bicyclic) bond motifs is 1. The highest BCUT2D eigenvalue weighted by Crippen LogP contribution is 2.44. The van der Waals surface area contributed by atoms with Crippen LogP contribution in [-0.2, 0) is 28.6 Å². The van der Waals surface area contributed by atoms with Crippen LogP contribution in [0, 0.1) is 0 Å². The van der Waals surface area contributed by atoms with E-state index in [-0.39, 0.29) is 75.8 Å². The number of esters is 2. The van der Waals surface area contributed by atoms with Crippen molar-refractivity contribution in [3.63, 3.8) is 0 Å². The molecule has 2 fully saturated rings. The number of hydrogen-bond donors (Lipinski definition) is 1. The number of carbonyl (C=O) groups is 5. The van der Waals surface area contributed by atoms with Crippen molar-refractivity contribution in [3.05, 3.63) is 34.5 Å². The maximum Gasteiger partial charge on any atom is 0.409 e. The molecule has 2 N–H and O–H groups in total. The van der Waals surface area contributed by atoms with Crippen LogP contribution in [0.15, 0.2) is 18.2 Å². The van der Waals surface area contributed by atoms with E-state index in [2.05, 4.69) is 0 Å². The summed E-state index contributed by atoms with van der Waals surface area (Å²) in [5.74, 6) is -3.58. The zero-order valence-electron chi connectivity index (χ0n) is 25.8. The van der Waals surface area contributed by atoms with Crippen molar-refractivity contribution in [2.45, 2.75) is 64.4 Å². The van der Waals surface area contributed by atoms with Gasteiger partial charge < -0.3 is 34.5 Å². The van der Waals surface area contributed by atoms with Crippen LogP contribution in [0.4, 0.5) is 4.79 Å². The van der Waals surface area contributed by atoms with Gasteiger partial charge in [-0.25, -0.2) is 9.59 Å². The van der Waals surface area contributed by atoms with Gasteiger partial charge >= 0.3 is 18.0 Å². The molecular formula is C31H39ClN4O9. The van der Waals surface area contributed by atoms with E-state index in [1.54, 1.807) is 43.9 Å². The minimum atomic E-state index is -1.35. The first-order valence-corrected chi connectivity index (χ1v) is 15.6. The Labute approximate surface area is 266 Å². The van der Waals surface area contributed by atoms with Gasteiger partial charge in [-0.2, -0.15) is 0 Å². The molecule has 13 nitrogen and oxygen atoms in total. The number of hydrogen-bond acceptors (Lipinski definition) is 10. The van der Waals surface area contributed by atoms with Crippen molar-refractivity contribution in [1.82, 2.24) is 14.8 Å². The third kappa shape index (κ3) is 7.41. The van der Waals surface area contributed by atoms with Gasteiger partial charge in [0, 0.05) is 43.0 Å². The Bertz CT molecular complexity index is 1450. The maximum absolute atomic E-state index is 14.2. The van der Waals surface area contributed by atoms with E-state index in [1.165, 1.54) is 4.90 Å². The number of halogens is 1. The Hall–Kier alpha value is -4.13. The molecule has 1 aromatic carbocycles. The van der Waals surface area contributed by atoms with E-state index in [9.17, 15) is 24.0 Å². The lowest BCUT2D eigenvalue weighted by Gasteiger charge is -2.40. The summed E-state index contributed by atoms with van der Waals surface area (Å²) in [4.78, 5) is 73.0. The summed E-state index contributed by atoms with van der Waals surface area (Å²) in [6.07, 6.45) is 0.728. The molecule has 244 valence electrons. The first-order chi connectivity index (χ1) is 21.5. The highest BCUT2D eigenvalue weighted by Gasteiger charge is 2.49. The predicted octanol–water partition coefficient (Wildman–Crippen LogP) is 3.58. The first kappa shape index (κ1) is 33.8. The Balaban J connectivity index is 1.82. The van der Waals surface area contributed by atoms with E-state index in [0.29, 0.717) is 35.2 Å². The molecule has 2 aliphatic rings. The van der Waals surface area contributed by atoms with E-state index in [0.717, 1.165) is 0 Å². The molecule has 1 atom stereocenters. The number of piperazine rings is 1. The smallest absolute Gasteiger partial charge is 0.409 e. The highest BCUT2D eigenvalue weighted by molar-refractivity contribution is 6.31. The molecule has 1 aliphatic heterocycles. The van der Waals surface area contributed by atoms with Gasteiger partial charge in [-0.05, 0) is 64.7 Å². The molecule has 1 unspecified atom stereocenters. The van der Waals surface area contributed by atoms with Crippen LogP contribution < -0.4 is 10.5 Å². The molecule has 0 spiro atoms. The number of carbonyl (C=O) groups excluding carboxylic acids is 5. The van der Waals surface area contributed by atoms with Gasteiger partial charge in [-0.3, -0.25) is 19.4 Å². The second-order valence-corrected chi connectivity index (χ2v) is 11.2. The van der Waals surface area contributed by atoms with Gasteiger partial charge in [-0.1, -0.05) is 11.6 Å². The molecule has 45 heavy (non-hydrogen) atoms. The lowest BCUT2D eigenvalue weighted by Crippen LogP contribution is -2.52. The van der Waals surface area contributed by atoms with Crippen LogP contribution in [-0.4, -0.2) is 96.2 Å². The van der Waals surface area contributed by atoms with Crippen LogP contribution >= 0.6 is 11.6 Å². The van der Waals surface area contributed by atoms with E-state index < -0.39 is 41.4 Å². The fourth-order valence-electron chi connectivity index (χ4n) is 5.54. The minimum Gasteiger partial charge on any atom is -0.474 e. The number of nitrogens with two attached hydrogens (primary N) is 1. The summed E-state index contributed by atoms with van der Waals surface area (Å²) >= 11 is 6.33. The summed E-state index contributed by atoms with van der Waals surface area (Å²) in [6.45, 7) is 6.43. The van der Waals surface area contributed by atoms with Crippen molar-refractivity contribution < 1.29 is 42.9 Å². The van der Waals surface area contributed by atoms with Gasteiger partial charge in [0.15, 0.2) is 0 Å². The number of nitrogens with zero attached hydrogens (tertiary/aromatic N) is 3. The molecule has 3 amide bonds. The van der Waals surface area contributed by atoms with Gasteiger partial charge in [-0.15, -0.1) is 0 Å². The van der Waals surface area contributed by atoms with E-state index in [1.807, 2.05) is 0 Å². The third-order valence-electron chi connectivity index (χ3n) is 7.97. The second-order valence-electron chi connectivity index (χ2n) is 10.8. The molecule has 2 heterocycles. The average Bonchev–Trinajstić information content (AvgIpc) is 2.98. The number of pyridine rings is 1. The summed E-state index contributed by atoms with van der Waals surface area (Å²) in [5, 5.41) is 0.708. The van der Waals surface area contributed by atoms with Crippen molar-refractivity contribution in [2.24, 2.45) is 5.73 Å².